The van der Waals surface area contributed by atoms with Crippen molar-refractivity contribution in [2.75, 3.05) is 19.6 Å². The van der Waals surface area contributed by atoms with E-state index in [1.54, 1.807) is 12.1 Å². The quantitative estimate of drug-likeness (QED) is 0.298. The van der Waals surface area contributed by atoms with E-state index in [0.29, 0.717) is 43.5 Å². The summed E-state index contributed by atoms with van der Waals surface area (Å²) in [7, 11) is 0. The summed E-state index contributed by atoms with van der Waals surface area (Å²) in [6.45, 7) is 3.75. The number of aliphatic imine (C=N–C) groups is 1. The van der Waals surface area contributed by atoms with Crippen LogP contribution >= 0.6 is 24.0 Å². The summed E-state index contributed by atoms with van der Waals surface area (Å²) >= 11 is 0. The summed E-state index contributed by atoms with van der Waals surface area (Å²) < 4.78 is 13.6. The van der Waals surface area contributed by atoms with E-state index in [1.165, 1.54) is 25.3 Å². The number of halogens is 2. The van der Waals surface area contributed by atoms with Gasteiger partial charge in [0.25, 0.3) is 0 Å². The Morgan fingerprint density at radius 3 is 2.63 bits per heavy atom. The molecule has 2 rings (SSSR count). The molecule has 152 valence electrons. The number of nitrogens with one attached hydrogen (secondary N) is 3. The number of rotatable bonds is 8. The first-order valence-electron chi connectivity index (χ1n) is 9.74. The number of nitrogens with zero attached hydrogens (tertiary/aromatic N) is 1. The third-order valence-corrected chi connectivity index (χ3v) is 4.57. The largest absolute Gasteiger partial charge is 0.357 e. The Bertz CT molecular complexity index is 591. The Kier molecular flexibility index (Phi) is 12.0. The minimum Gasteiger partial charge on any atom is -0.357 e. The number of carbonyl (C=O) groups excluding carboxylic acids is 1. The van der Waals surface area contributed by atoms with Crippen LogP contribution in [0.25, 0.3) is 0 Å². The van der Waals surface area contributed by atoms with Crippen LogP contribution in [0.3, 0.4) is 0 Å². The lowest BCUT2D eigenvalue weighted by Crippen LogP contribution is -2.39. The highest BCUT2D eigenvalue weighted by molar-refractivity contribution is 14.0. The lowest BCUT2D eigenvalue weighted by Gasteiger charge is -2.22. The molecule has 0 saturated heterocycles. The molecule has 1 aliphatic carbocycles. The van der Waals surface area contributed by atoms with Crippen LogP contribution in [-0.2, 0) is 11.2 Å². The van der Waals surface area contributed by atoms with Crippen molar-refractivity contribution in [1.82, 2.24) is 16.0 Å². The summed E-state index contributed by atoms with van der Waals surface area (Å²) in [4.78, 5) is 16.5. The second kappa shape index (κ2) is 13.7. The van der Waals surface area contributed by atoms with Crippen LogP contribution in [0.1, 0.15) is 51.0 Å². The van der Waals surface area contributed by atoms with Gasteiger partial charge < -0.3 is 16.0 Å². The molecular formula is C20H32FIN4O. The normalized spacial score (nSPS) is 15.0. The second-order valence-electron chi connectivity index (χ2n) is 6.68. The molecule has 1 amide bonds. The number of hydrogen-bond acceptors (Lipinski definition) is 2. The van der Waals surface area contributed by atoms with Crippen molar-refractivity contribution < 1.29 is 9.18 Å². The van der Waals surface area contributed by atoms with Crippen LogP contribution in [-0.4, -0.2) is 37.5 Å². The van der Waals surface area contributed by atoms with Crippen LogP contribution in [0.5, 0.6) is 0 Å². The summed E-state index contributed by atoms with van der Waals surface area (Å²) in [5, 5.41) is 9.45. The second-order valence-corrected chi connectivity index (χ2v) is 6.68. The Labute approximate surface area is 179 Å². The highest BCUT2D eigenvalue weighted by atomic mass is 127. The van der Waals surface area contributed by atoms with Crippen LogP contribution in [0.15, 0.2) is 29.3 Å². The van der Waals surface area contributed by atoms with Crippen LogP contribution in [0.4, 0.5) is 4.39 Å². The highest BCUT2D eigenvalue weighted by Gasteiger charge is 2.15. The van der Waals surface area contributed by atoms with Gasteiger partial charge in [-0.25, -0.2) is 4.39 Å². The van der Waals surface area contributed by atoms with Gasteiger partial charge >= 0.3 is 0 Å². The maximum atomic E-state index is 13.6. The molecule has 3 N–H and O–H groups in total. The van der Waals surface area contributed by atoms with E-state index in [2.05, 4.69) is 20.9 Å². The summed E-state index contributed by atoms with van der Waals surface area (Å²) in [5.74, 6) is 0.549. The van der Waals surface area contributed by atoms with Crippen molar-refractivity contribution in [2.24, 2.45) is 4.99 Å². The fraction of sp³-hybridized carbons (Fsp3) is 0.600. The number of carbonyl (C=O) groups is 1. The van der Waals surface area contributed by atoms with Gasteiger partial charge in [-0.3, -0.25) is 9.79 Å². The summed E-state index contributed by atoms with van der Waals surface area (Å²) in [5.41, 5.74) is 0.683. The molecule has 0 heterocycles. The molecule has 1 aromatic carbocycles. The maximum Gasteiger partial charge on any atom is 0.222 e. The van der Waals surface area contributed by atoms with Crippen molar-refractivity contribution in [3.8, 4) is 0 Å². The molecule has 1 saturated carbocycles. The molecule has 7 heteroatoms. The van der Waals surface area contributed by atoms with Gasteiger partial charge in [-0.2, -0.15) is 0 Å². The first-order valence-corrected chi connectivity index (χ1v) is 9.74. The van der Waals surface area contributed by atoms with E-state index >= 15 is 0 Å². The summed E-state index contributed by atoms with van der Waals surface area (Å²) in [6, 6.07) is 7.13. The third-order valence-electron chi connectivity index (χ3n) is 4.57. The monoisotopic (exact) mass is 490 g/mol. The fourth-order valence-electron chi connectivity index (χ4n) is 3.17. The predicted octanol–water partition coefficient (Wildman–Crippen LogP) is 3.38. The van der Waals surface area contributed by atoms with E-state index in [-0.39, 0.29) is 35.7 Å². The number of hydrogen-bond donors (Lipinski definition) is 3. The van der Waals surface area contributed by atoms with Crippen LogP contribution in [0, 0.1) is 5.82 Å². The molecule has 0 spiro atoms. The Morgan fingerprint density at radius 1 is 1.19 bits per heavy atom. The van der Waals surface area contributed by atoms with Crippen LogP contribution in [0.2, 0.25) is 0 Å². The minimum absolute atomic E-state index is 0. The van der Waals surface area contributed by atoms with Crippen molar-refractivity contribution >= 4 is 35.8 Å². The van der Waals surface area contributed by atoms with E-state index in [0.717, 1.165) is 19.4 Å². The summed E-state index contributed by atoms with van der Waals surface area (Å²) in [6.07, 6.45) is 6.85. The SMILES string of the molecule is CCNC(=NCCC(=O)NC1CCCCC1)NCCc1ccccc1F.I. The van der Waals surface area contributed by atoms with Gasteiger partial charge in [0, 0.05) is 25.6 Å². The molecule has 1 aliphatic rings. The number of guanidine groups is 1. The fourth-order valence-corrected chi connectivity index (χ4v) is 3.17. The molecule has 5 nitrogen and oxygen atoms in total. The van der Waals surface area contributed by atoms with E-state index in [9.17, 15) is 9.18 Å². The van der Waals surface area contributed by atoms with Gasteiger partial charge in [0.05, 0.1) is 6.54 Å². The molecular weight excluding hydrogens is 458 g/mol. The topological polar surface area (TPSA) is 65.5 Å². The van der Waals surface area contributed by atoms with Crippen molar-refractivity contribution in [3.63, 3.8) is 0 Å². The van der Waals surface area contributed by atoms with Gasteiger partial charge in [-0.1, -0.05) is 37.5 Å². The average Bonchev–Trinajstić information content (AvgIpc) is 2.64. The average molecular weight is 490 g/mol. The predicted molar refractivity (Wildman–Crippen MR) is 119 cm³/mol. The Morgan fingerprint density at radius 2 is 1.93 bits per heavy atom. The third kappa shape index (κ3) is 9.39. The first-order chi connectivity index (χ1) is 12.7. The molecule has 0 aromatic heterocycles. The van der Waals surface area contributed by atoms with Gasteiger partial charge in [0.2, 0.25) is 5.91 Å². The minimum atomic E-state index is -0.185. The lowest BCUT2D eigenvalue weighted by atomic mass is 9.95. The molecule has 0 radical (unpaired) electrons. The zero-order valence-electron chi connectivity index (χ0n) is 16.1. The van der Waals surface area contributed by atoms with E-state index < -0.39 is 0 Å². The van der Waals surface area contributed by atoms with Gasteiger partial charge in [0.1, 0.15) is 5.82 Å². The zero-order chi connectivity index (χ0) is 18.6. The number of benzene rings is 1. The zero-order valence-corrected chi connectivity index (χ0v) is 18.4. The number of amides is 1. The van der Waals surface area contributed by atoms with Gasteiger partial charge in [-0.05, 0) is 37.8 Å². The molecule has 1 aromatic rings. The van der Waals surface area contributed by atoms with Crippen molar-refractivity contribution in [3.05, 3.63) is 35.6 Å². The van der Waals surface area contributed by atoms with E-state index in [4.69, 9.17) is 0 Å². The molecule has 0 bridgehead atoms. The highest BCUT2D eigenvalue weighted by Crippen LogP contribution is 2.17. The molecule has 0 atom stereocenters. The molecule has 27 heavy (non-hydrogen) atoms. The molecule has 0 aliphatic heterocycles. The molecule has 0 unspecified atom stereocenters. The Balaban J connectivity index is 0.00000364. The molecule has 1 fully saturated rings. The lowest BCUT2D eigenvalue weighted by molar-refractivity contribution is -0.121. The van der Waals surface area contributed by atoms with Crippen molar-refractivity contribution in [1.29, 1.82) is 0 Å². The van der Waals surface area contributed by atoms with E-state index in [1.807, 2.05) is 13.0 Å². The maximum absolute atomic E-state index is 13.6. The first kappa shape index (κ1) is 23.7. The van der Waals surface area contributed by atoms with Crippen LogP contribution < -0.4 is 16.0 Å². The standard InChI is InChI=1S/C20H31FN4O.HI/c1-2-22-20(23-14-12-16-8-6-7-11-18(16)21)24-15-13-19(26)25-17-9-4-3-5-10-17;/h6-8,11,17H,2-5,9-10,12-15H2,1H3,(H,25,26)(H2,22,23,24);1H. The smallest absolute Gasteiger partial charge is 0.222 e. The Hall–Kier alpha value is -1.38. The van der Waals surface area contributed by atoms with Gasteiger partial charge in [0.15, 0.2) is 5.96 Å². The van der Waals surface area contributed by atoms with Gasteiger partial charge in [-0.15, -0.1) is 24.0 Å². The van der Waals surface area contributed by atoms with Crippen molar-refractivity contribution in [2.45, 2.75) is 57.9 Å².